The Morgan fingerprint density at radius 3 is 2.48 bits per heavy atom. The average Bonchev–Trinajstić information content (AvgIpc) is 2.52. The molecule has 0 saturated carbocycles. The number of hydrogen-bond donors (Lipinski definition) is 2. The number of benzene rings is 1. The Hall–Kier alpha value is -1.76. The molecule has 2 atom stereocenters. The normalized spacial score (nSPS) is 13.1. The summed E-state index contributed by atoms with van der Waals surface area (Å²) in [6.45, 7) is 5.96. The molecule has 0 bridgehead atoms. The molecule has 0 aliphatic heterocycles. The van der Waals surface area contributed by atoms with E-state index >= 15 is 0 Å². The zero-order chi connectivity index (χ0) is 17.6. The van der Waals surface area contributed by atoms with Gasteiger partial charge in [0.05, 0.1) is 18.2 Å². The topological polar surface area (TPSA) is 84.9 Å². The van der Waals surface area contributed by atoms with Crippen molar-refractivity contribution >= 4 is 27.8 Å². The fourth-order valence-corrected chi connectivity index (χ4v) is 2.60. The molecule has 7 heteroatoms. The highest BCUT2D eigenvalue weighted by Crippen LogP contribution is 2.36. The van der Waals surface area contributed by atoms with Crippen LogP contribution in [0.2, 0.25) is 0 Å². The highest BCUT2D eigenvalue weighted by atomic mass is 79.9. The van der Waals surface area contributed by atoms with Gasteiger partial charge in [-0.25, -0.2) is 4.79 Å². The van der Waals surface area contributed by atoms with Crippen molar-refractivity contribution in [3.8, 4) is 11.5 Å². The molecule has 6 nitrogen and oxygen atoms in total. The third-order valence-electron chi connectivity index (χ3n) is 3.55. The van der Waals surface area contributed by atoms with Gasteiger partial charge in [0.1, 0.15) is 6.04 Å². The first kappa shape index (κ1) is 19.3. The number of nitrogens with one attached hydrogen (secondary N) is 1. The number of aliphatic carboxylic acids is 1. The zero-order valence-corrected chi connectivity index (χ0v) is 15.3. The third-order valence-corrected chi connectivity index (χ3v) is 4.13. The minimum atomic E-state index is -1.05. The Balaban J connectivity index is 3.08. The first-order valence-corrected chi connectivity index (χ1v) is 8.18. The van der Waals surface area contributed by atoms with Crippen molar-refractivity contribution in [3.63, 3.8) is 0 Å². The van der Waals surface area contributed by atoms with Gasteiger partial charge < -0.3 is 19.9 Å². The smallest absolute Gasteiger partial charge is 0.326 e. The standard InChI is InChI=1S/C16H22BrNO5/c1-5-9(3)13(16(20)21)18-15(19)10-7-11(17)14(23-6-2)12(8-10)22-4/h7-9,13H,5-6H2,1-4H3,(H,18,19)(H,20,21)/t9-,13-/m0/s1. The highest BCUT2D eigenvalue weighted by molar-refractivity contribution is 9.10. The van der Waals surface area contributed by atoms with Crippen LogP contribution in [0.4, 0.5) is 0 Å². The SMILES string of the molecule is CCOc1c(Br)cc(C(=O)N[C@H](C(=O)O)[C@@H](C)CC)cc1OC. The van der Waals surface area contributed by atoms with Gasteiger partial charge in [0.25, 0.3) is 5.91 Å². The molecule has 1 aromatic carbocycles. The van der Waals surface area contributed by atoms with Crippen molar-refractivity contribution in [2.24, 2.45) is 5.92 Å². The van der Waals surface area contributed by atoms with Gasteiger partial charge in [0, 0.05) is 5.56 Å². The van der Waals surface area contributed by atoms with Gasteiger partial charge in [0.2, 0.25) is 0 Å². The second-order valence-corrected chi connectivity index (χ2v) is 5.95. The minimum absolute atomic E-state index is 0.176. The zero-order valence-electron chi connectivity index (χ0n) is 13.7. The maximum atomic E-state index is 12.4. The molecule has 0 aliphatic rings. The average molecular weight is 388 g/mol. The number of carbonyl (C=O) groups is 2. The van der Waals surface area contributed by atoms with Gasteiger partial charge in [-0.3, -0.25) is 4.79 Å². The Bertz CT molecular complexity index is 576. The van der Waals surface area contributed by atoms with Crippen LogP contribution in [0.3, 0.4) is 0 Å². The van der Waals surface area contributed by atoms with Crippen molar-refractivity contribution in [1.29, 1.82) is 0 Å². The number of methoxy groups -OCH3 is 1. The van der Waals surface area contributed by atoms with Gasteiger partial charge in [0.15, 0.2) is 11.5 Å². The molecular weight excluding hydrogens is 366 g/mol. The number of carbonyl (C=O) groups excluding carboxylic acids is 1. The number of ether oxygens (including phenoxy) is 2. The summed E-state index contributed by atoms with van der Waals surface area (Å²) in [6.07, 6.45) is 0.646. The van der Waals surface area contributed by atoms with Crippen LogP contribution in [0.1, 0.15) is 37.6 Å². The second kappa shape index (κ2) is 8.76. The summed E-state index contributed by atoms with van der Waals surface area (Å²) >= 11 is 3.34. The summed E-state index contributed by atoms with van der Waals surface area (Å²) < 4.78 is 11.3. The summed E-state index contributed by atoms with van der Waals surface area (Å²) in [4.78, 5) is 23.7. The monoisotopic (exact) mass is 387 g/mol. The number of rotatable bonds is 8. The van der Waals surface area contributed by atoms with E-state index in [1.807, 2.05) is 13.8 Å². The Labute approximate surface area is 144 Å². The maximum absolute atomic E-state index is 12.4. The molecule has 0 unspecified atom stereocenters. The number of carboxylic acid groups (broad SMARTS) is 1. The molecule has 0 aliphatic carbocycles. The van der Waals surface area contributed by atoms with Crippen LogP contribution in [-0.4, -0.2) is 36.7 Å². The van der Waals surface area contributed by atoms with E-state index in [9.17, 15) is 14.7 Å². The summed E-state index contributed by atoms with van der Waals surface area (Å²) in [5.41, 5.74) is 0.298. The Morgan fingerprint density at radius 2 is 2.00 bits per heavy atom. The van der Waals surface area contributed by atoms with Crippen molar-refractivity contribution in [2.45, 2.75) is 33.2 Å². The van der Waals surface area contributed by atoms with E-state index in [1.165, 1.54) is 13.2 Å². The molecule has 2 N–H and O–H groups in total. The number of carboxylic acids is 1. The van der Waals surface area contributed by atoms with Crippen LogP contribution in [-0.2, 0) is 4.79 Å². The van der Waals surface area contributed by atoms with E-state index in [0.29, 0.717) is 34.6 Å². The van der Waals surface area contributed by atoms with Gasteiger partial charge >= 0.3 is 5.97 Å². The summed E-state index contributed by atoms with van der Waals surface area (Å²) in [7, 11) is 1.48. The molecule has 0 spiro atoms. The molecule has 0 saturated heterocycles. The summed E-state index contributed by atoms with van der Waals surface area (Å²) in [5, 5.41) is 11.8. The Kier molecular flexibility index (Phi) is 7.35. The molecule has 1 rings (SSSR count). The molecule has 0 heterocycles. The van der Waals surface area contributed by atoms with Crippen molar-refractivity contribution in [2.75, 3.05) is 13.7 Å². The second-order valence-electron chi connectivity index (χ2n) is 5.10. The van der Waals surface area contributed by atoms with E-state index in [2.05, 4.69) is 21.2 Å². The molecular formula is C16H22BrNO5. The summed E-state index contributed by atoms with van der Waals surface area (Å²) in [5.74, 6) is -0.793. The lowest BCUT2D eigenvalue weighted by Crippen LogP contribution is -2.45. The van der Waals surface area contributed by atoms with Gasteiger partial charge in [-0.15, -0.1) is 0 Å². The van der Waals surface area contributed by atoms with E-state index in [4.69, 9.17) is 9.47 Å². The molecule has 23 heavy (non-hydrogen) atoms. The van der Waals surface area contributed by atoms with Crippen LogP contribution in [0.5, 0.6) is 11.5 Å². The van der Waals surface area contributed by atoms with Crippen molar-refractivity contribution in [1.82, 2.24) is 5.32 Å². The van der Waals surface area contributed by atoms with Crippen LogP contribution in [0, 0.1) is 5.92 Å². The first-order chi connectivity index (χ1) is 10.8. The first-order valence-electron chi connectivity index (χ1n) is 7.39. The van der Waals surface area contributed by atoms with Crippen molar-refractivity contribution < 1.29 is 24.2 Å². The number of amides is 1. The van der Waals surface area contributed by atoms with E-state index in [0.717, 1.165) is 0 Å². The van der Waals surface area contributed by atoms with Crippen LogP contribution in [0.25, 0.3) is 0 Å². The lowest BCUT2D eigenvalue weighted by Gasteiger charge is -2.20. The minimum Gasteiger partial charge on any atom is -0.493 e. The molecule has 0 aromatic heterocycles. The largest absolute Gasteiger partial charge is 0.493 e. The molecule has 0 radical (unpaired) electrons. The number of halogens is 1. The molecule has 128 valence electrons. The van der Waals surface area contributed by atoms with Crippen LogP contribution < -0.4 is 14.8 Å². The molecule has 1 amide bonds. The lowest BCUT2D eigenvalue weighted by molar-refractivity contribution is -0.140. The molecule has 1 aromatic rings. The predicted octanol–water partition coefficient (Wildman–Crippen LogP) is 3.09. The van der Waals surface area contributed by atoms with E-state index in [1.54, 1.807) is 13.0 Å². The highest BCUT2D eigenvalue weighted by Gasteiger charge is 2.26. The maximum Gasteiger partial charge on any atom is 0.326 e. The van der Waals surface area contributed by atoms with Crippen molar-refractivity contribution in [3.05, 3.63) is 22.2 Å². The van der Waals surface area contributed by atoms with E-state index in [-0.39, 0.29) is 5.92 Å². The van der Waals surface area contributed by atoms with Gasteiger partial charge in [-0.2, -0.15) is 0 Å². The third kappa shape index (κ3) is 4.86. The van der Waals surface area contributed by atoms with Gasteiger partial charge in [-0.05, 0) is 40.9 Å². The predicted molar refractivity (Wildman–Crippen MR) is 90.2 cm³/mol. The fourth-order valence-electron chi connectivity index (χ4n) is 2.04. The quantitative estimate of drug-likeness (QED) is 0.715. The Morgan fingerprint density at radius 1 is 1.35 bits per heavy atom. The lowest BCUT2D eigenvalue weighted by atomic mass is 9.99. The van der Waals surface area contributed by atoms with Crippen LogP contribution in [0.15, 0.2) is 16.6 Å². The van der Waals surface area contributed by atoms with Crippen LogP contribution >= 0.6 is 15.9 Å². The number of hydrogen-bond acceptors (Lipinski definition) is 4. The molecule has 0 fully saturated rings. The fraction of sp³-hybridized carbons (Fsp3) is 0.500. The van der Waals surface area contributed by atoms with E-state index < -0.39 is 17.9 Å². The van der Waals surface area contributed by atoms with Gasteiger partial charge in [-0.1, -0.05) is 20.3 Å². The summed E-state index contributed by atoms with van der Waals surface area (Å²) in [6, 6.07) is 2.17.